The molecule has 2 rings (SSSR count). The van der Waals surface area contributed by atoms with E-state index in [0.717, 1.165) is 19.3 Å². The first-order valence-electron chi connectivity index (χ1n) is 6.38. The van der Waals surface area contributed by atoms with Crippen LogP contribution in [-0.2, 0) is 16.6 Å². The van der Waals surface area contributed by atoms with Gasteiger partial charge in [0, 0.05) is 18.7 Å². The van der Waals surface area contributed by atoms with Crippen molar-refractivity contribution in [2.45, 2.75) is 31.2 Å². The van der Waals surface area contributed by atoms with Crippen LogP contribution in [0.2, 0.25) is 5.15 Å². The highest BCUT2D eigenvalue weighted by Gasteiger charge is 2.39. The van der Waals surface area contributed by atoms with E-state index in [4.69, 9.17) is 11.6 Å². The molecular weight excluding hydrogens is 280 g/mol. The lowest BCUT2D eigenvalue weighted by molar-refractivity contribution is -0.122. The van der Waals surface area contributed by atoms with Crippen molar-refractivity contribution in [3.63, 3.8) is 0 Å². The zero-order chi connectivity index (χ0) is 14.8. The lowest BCUT2D eigenvalue weighted by atomic mass is 9.74. The van der Waals surface area contributed by atoms with Crippen LogP contribution in [0.15, 0.2) is 18.7 Å². The molecule has 0 saturated heterocycles. The smallest absolute Gasteiger partial charge is 0.243 e. The predicted octanol–water partition coefficient (Wildman–Crippen LogP) is 1.63. The standard InChI is InChI=1S/C13H17ClN4O2/c1-3-11(19)16-13(5-4-6-13)8-12(20)15-10-7-9(14)18(2)17-10/h3,7H,1,4-6,8H2,2H3,(H,16,19)(H,15,17,20). The van der Waals surface area contributed by atoms with Gasteiger partial charge in [0.15, 0.2) is 5.82 Å². The first kappa shape index (κ1) is 14.6. The maximum absolute atomic E-state index is 12.0. The Bertz CT molecular complexity index is 529. The summed E-state index contributed by atoms with van der Waals surface area (Å²) in [6.07, 6.45) is 4.03. The number of carbonyl (C=O) groups is 2. The van der Waals surface area contributed by atoms with Crippen LogP contribution in [0.1, 0.15) is 25.7 Å². The summed E-state index contributed by atoms with van der Waals surface area (Å²) < 4.78 is 1.47. The van der Waals surface area contributed by atoms with Gasteiger partial charge in [-0.2, -0.15) is 5.10 Å². The molecule has 0 unspecified atom stereocenters. The Morgan fingerprint density at radius 2 is 2.30 bits per heavy atom. The number of hydrogen-bond acceptors (Lipinski definition) is 3. The molecule has 1 saturated carbocycles. The van der Waals surface area contributed by atoms with Crippen LogP contribution in [0.25, 0.3) is 0 Å². The molecule has 108 valence electrons. The number of rotatable bonds is 5. The minimum atomic E-state index is -0.450. The topological polar surface area (TPSA) is 76.0 Å². The summed E-state index contributed by atoms with van der Waals surface area (Å²) in [5, 5.41) is 10.0. The number of amides is 2. The van der Waals surface area contributed by atoms with Gasteiger partial charge < -0.3 is 10.6 Å². The number of aryl methyl sites for hydroxylation is 1. The summed E-state index contributed by atoms with van der Waals surface area (Å²) in [5.74, 6) is -0.0331. The Morgan fingerprint density at radius 1 is 1.60 bits per heavy atom. The third kappa shape index (κ3) is 3.19. The van der Waals surface area contributed by atoms with Crippen molar-refractivity contribution in [3.8, 4) is 0 Å². The second kappa shape index (κ2) is 5.66. The lowest BCUT2D eigenvalue weighted by Gasteiger charge is -2.41. The molecule has 6 nitrogen and oxygen atoms in total. The van der Waals surface area contributed by atoms with E-state index < -0.39 is 5.54 Å². The second-order valence-electron chi connectivity index (χ2n) is 5.03. The molecular formula is C13H17ClN4O2. The van der Waals surface area contributed by atoms with Crippen molar-refractivity contribution >= 4 is 29.2 Å². The third-order valence-electron chi connectivity index (χ3n) is 3.47. The van der Waals surface area contributed by atoms with E-state index in [2.05, 4.69) is 22.3 Å². The molecule has 1 aliphatic rings. The summed E-state index contributed by atoms with van der Waals surface area (Å²) in [6, 6.07) is 1.58. The molecule has 0 bridgehead atoms. The van der Waals surface area contributed by atoms with Gasteiger partial charge in [-0.1, -0.05) is 18.2 Å². The Balaban J connectivity index is 1.95. The van der Waals surface area contributed by atoms with E-state index in [1.165, 1.54) is 10.8 Å². The van der Waals surface area contributed by atoms with Crippen LogP contribution in [0, 0.1) is 0 Å². The van der Waals surface area contributed by atoms with Crippen molar-refractivity contribution in [2.24, 2.45) is 7.05 Å². The fraction of sp³-hybridized carbons (Fsp3) is 0.462. The molecule has 1 heterocycles. The molecule has 2 amide bonds. The minimum Gasteiger partial charge on any atom is -0.347 e. The zero-order valence-corrected chi connectivity index (χ0v) is 12.0. The lowest BCUT2D eigenvalue weighted by Crippen LogP contribution is -2.54. The van der Waals surface area contributed by atoms with Gasteiger partial charge in [-0.25, -0.2) is 0 Å². The Kier molecular flexibility index (Phi) is 4.13. The molecule has 0 aliphatic heterocycles. The molecule has 7 heteroatoms. The van der Waals surface area contributed by atoms with Gasteiger partial charge in [-0.15, -0.1) is 0 Å². The molecule has 1 fully saturated rings. The molecule has 20 heavy (non-hydrogen) atoms. The fourth-order valence-electron chi connectivity index (χ4n) is 2.26. The molecule has 0 atom stereocenters. The number of carbonyl (C=O) groups excluding carboxylic acids is 2. The molecule has 1 aromatic rings. The quantitative estimate of drug-likeness (QED) is 0.811. The van der Waals surface area contributed by atoms with Gasteiger partial charge in [0.25, 0.3) is 0 Å². The summed E-state index contributed by atoms with van der Waals surface area (Å²) in [6.45, 7) is 3.42. The zero-order valence-electron chi connectivity index (χ0n) is 11.3. The van der Waals surface area contributed by atoms with E-state index in [0.29, 0.717) is 11.0 Å². The first-order valence-corrected chi connectivity index (χ1v) is 6.76. The first-order chi connectivity index (χ1) is 9.44. The van der Waals surface area contributed by atoms with Gasteiger partial charge >= 0.3 is 0 Å². The summed E-state index contributed by atoms with van der Waals surface area (Å²) in [4.78, 5) is 23.4. The van der Waals surface area contributed by atoms with E-state index >= 15 is 0 Å². The van der Waals surface area contributed by atoms with Gasteiger partial charge in [0.05, 0.1) is 6.42 Å². The molecule has 0 aromatic carbocycles. The van der Waals surface area contributed by atoms with E-state index in [1.54, 1.807) is 13.1 Å². The van der Waals surface area contributed by atoms with Crippen LogP contribution < -0.4 is 10.6 Å². The summed E-state index contributed by atoms with van der Waals surface area (Å²) in [7, 11) is 1.69. The molecule has 0 spiro atoms. The summed E-state index contributed by atoms with van der Waals surface area (Å²) >= 11 is 5.85. The van der Waals surface area contributed by atoms with Crippen molar-refractivity contribution in [3.05, 3.63) is 23.9 Å². The SMILES string of the molecule is C=CC(=O)NC1(CC(=O)Nc2cc(Cl)n(C)n2)CCC1. The fourth-order valence-corrected chi connectivity index (χ4v) is 2.40. The molecule has 1 aromatic heterocycles. The van der Waals surface area contributed by atoms with Crippen molar-refractivity contribution in [2.75, 3.05) is 5.32 Å². The number of halogens is 1. The number of anilines is 1. The Morgan fingerprint density at radius 3 is 2.75 bits per heavy atom. The Hall–Kier alpha value is -1.82. The van der Waals surface area contributed by atoms with Gasteiger partial charge in [-0.05, 0) is 25.3 Å². The van der Waals surface area contributed by atoms with Crippen LogP contribution in [0.3, 0.4) is 0 Å². The summed E-state index contributed by atoms with van der Waals surface area (Å²) in [5.41, 5.74) is -0.450. The Labute approximate surface area is 122 Å². The van der Waals surface area contributed by atoms with Gasteiger partial charge in [0.1, 0.15) is 5.15 Å². The number of nitrogens with zero attached hydrogens (tertiary/aromatic N) is 2. The number of hydrogen-bond donors (Lipinski definition) is 2. The minimum absolute atomic E-state index is 0.191. The molecule has 2 N–H and O–H groups in total. The van der Waals surface area contributed by atoms with Crippen LogP contribution in [0.4, 0.5) is 5.82 Å². The average Bonchev–Trinajstić information content (AvgIpc) is 2.65. The highest BCUT2D eigenvalue weighted by Crippen LogP contribution is 2.35. The monoisotopic (exact) mass is 296 g/mol. The number of nitrogens with one attached hydrogen (secondary N) is 2. The van der Waals surface area contributed by atoms with Crippen LogP contribution in [0.5, 0.6) is 0 Å². The van der Waals surface area contributed by atoms with E-state index in [-0.39, 0.29) is 18.2 Å². The van der Waals surface area contributed by atoms with Crippen molar-refractivity contribution in [1.82, 2.24) is 15.1 Å². The predicted molar refractivity (Wildman–Crippen MR) is 76.4 cm³/mol. The van der Waals surface area contributed by atoms with Crippen molar-refractivity contribution in [1.29, 1.82) is 0 Å². The van der Waals surface area contributed by atoms with E-state index in [9.17, 15) is 9.59 Å². The van der Waals surface area contributed by atoms with Crippen LogP contribution >= 0.6 is 11.6 Å². The largest absolute Gasteiger partial charge is 0.347 e. The maximum atomic E-state index is 12.0. The highest BCUT2D eigenvalue weighted by molar-refractivity contribution is 6.29. The average molecular weight is 297 g/mol. The maximum Gasteiger partial charge on any atom is 0.243 e. The van der Waals surface area contributed by atoms with Crippen molar-refractivity contribution < 1.29 is 9.59 Å². The second-order valence-corrected chi connectivity index (χ2v) is 5.42. The normalized spacial score (nSPS) is 16.1. The van der Waals surface area contributed by atoms with Gasteiger partial charge in [0.2, 0.25) is 11.8 Å². The molecule has 0 radical (unpaired) electrons. The van der Waals surface area contributed by atoms with Gasteiger partial charge in [-0.3, -0.25) is 14.3 Å². The highest BCUT2D eigenvalue weighted by atomic mass is 35.5. The third-order valence-corrected chi connectivity index (χ3v) is 3.83. The van der Waals surface area contributed by atoms with Crippen LogP contribution in [-0.4, -0.2) is 27.1 Å². The number of aromatic nitrogens is 2. The molecule has 1 aliphatic carbocycles. The van der Waals surface area contributed by atoms with E-state index in [1.807, 2.05) is 0 Å².